The van der Waals surface area contributed by atoms with Crippen LogP contribution in [-0.4, -0.2) is 16.3 Å². The van der Waals surface area contributed by atoms with Crippen LogP contribution in [0.3, 0.4) is 0 Å². The van der Waals surface area contributed by atoms with Gasteiger partial charge >= 0.3 is 5.51 Å². The molecule has 132 valence electrons. The Balaban J connectivity index is 2.03. The maximum atomic E-state index is 12.2. The Bertz CT molecular complexity index is 794. The van der Waals surface area contributed by atoms with E-state index in [0.717, 1.165) is 30.3 Å². The van der Waals surface area contributed by atoms with Gasteiger partial charge in [-0.25, -0.2) is 0 Å². The summed E-state index contributed by atoms with van der Waals surface area (Å²) in [5, 5.41) is 24.7. The zero-order valence-electron chi connectivity index (χ0n) is 12.4. The van der Waals surface area contributed by atoms with Gasteiger partial charge in [0.15, 0.2) is 0 Å². The number of non-ortho nitro benzene ring substituents is 1. The van der Waals surface area contributed by atoms with Crippen LogP contribution in [0.1, 0.15) is 15.9 Å². The van der Waals surface area contributed by atoms with E-state index in [4.69, 9.17) is 0 Å². The minimum Gasteiger partial charge on any atom is -0.872 e. The summed E-state index contributed by atoms with van der Waals surface area (Å²) < 4.78 is 36.7. The number of thioether (sulfide) groups is 1. The zero-order chi connectivity index (χ0) is 18.6. The first-order valence-electron chi connectivity index (χ1n) is 6.74. The quantitative estimate of drug-likeness (QED) is 0.495. The molecule has 2 aromatic carbocycles. The standard InChI is InChI=1S/C15H11F3N2O4S/c16-15(17,18)25-12-4-1-9(2-5-12)14(22)19-8-10-7-11(20(23)24)3-6-13(10)21/h1-7,21H,8H2,(H,19,22)/p-1. The maximum absolute atomic E-state index is 12.2. The molecule has 0 aliphatic heterocycles. The van der Waals surface area contributed by atoms with Crippen molar-refractivity contribution < 1.29 is 28.0 Å². The van der Waals surface area contributed by atoms with Crippen molar-refractivity contribution in [2.24, 2.45) is 0 Å². The topological polar surface area (TPSA) is 95.3 Å². The van der Waals surface area contributed by atoms with Crippen molar-refractivity contribution in [3.05, 3.63) is 63.7 Å². The zero-order valence-corrected chi connectivity index (χ0v) is 13.2. The summed E-state index contributed by atoms with van der Waals surface area (Å²) >= 11 is -0.299. The van der Waals surface area contributed by atoms with E-state index in [1.807, 2.05) is 0 Å². The Kier molecular flexibility index (Phi) is 5.52. The van der Waals surface area contributed by atoms with E-state index in [0.29, 0.717) is 0 Å². The number of carbonyl (C=O) groups excluding carboxylic acids is 1. The number of hydrogen-bond acceptors (Lipinski definition) is 5. The number of rotatable bonds is 5. The van der Waals surface area contributed by atoms with E-state index in [-0.39, 0.29) is 40.0 Å². The first kappa shape index (κ1) is 18.6. The summed E-state index contributed by atoms with van der Waals surface area (Å²) in [5.41, 5.74) is -4.57. The number of amides is 1. The Morgan fingerprint density at radius 1 is 1.16 bits per heavy atom. The fourth-order valence-corrected chi connectivity index (χ4v) is 2.44. The number of nitro groups is 1. The van der Waals surface area contributed by atoms with Crippen LogP contribution >= 0.6 is 11.8 Å². The van der Waals surface area contributed by atoms with E-state index in [1.165, 1.54) is 12.1 Å². The van der Waals surface area contributed by atoms with Crippen molar-refractivity contribution in [3.63, 3.8) is 0 Å². The molecule has 0 saturated heterocycles. The SMILES string of the molecule is O=C(NCc1cc([N+](=O)[O-])ccc1[O-])c1ccc(SC(F)(F)F)cc1. The summed E-state index contributed by atoms with van der Waals surface area (Å²) in [7, 11) is 0. The molecule has 1 amide bonds. The number of benzene rings is 2. The average molecular weight is 371 g/mol. The molecule has 0 aliphatic carbocycles. The third-order valence-electron chi connectivity index (χ3n) is 3.04. The smallest absolute Gasteiger partial charge is 0.446 e. The van der Waals surface area contributed by atoms with Crippen LogP contribution in [0.2, 0.25) is 0 Å². The predicted octanol–water partition coefficient (Wildman–Crippen LogP) is 3.21. The normalized spacial score (nSPS) is 11.2. The molecule has 6 nitrogen and oxygen atoms in total. The summed E-state index contributed by atoms with van der Waals surface area (Å²) in [6.07, 6.45) is 0. The number of hydrogen-bond donors (Lipinski definition) is 1. The Morgan fingerprint density at radius 3 is 2.36 bits per heavy atom. The van der Waals surface area contributed by atoms with E-state index in [1.54, 1.807) is 0 Å². The maximum Gasteiger partial charge on any atom is 0.446 e. The van der Waals surface area contributed by atoms with Crippen LogP contribution in [0.15, 0.2) is 47.4 Å². The molecule has 0 bridgehead atoms. The molecule has 0 heterocycles. The molecular formula is C15H10F3N2O4S-. The lowest BCUT2D eigenvalue weighted by Crippen LogP contribution is -2.23. The van der Waals surface area contributed by atoms with Gasteiger partial charge in [0.05, 0.1) is 4.92 Å². The Morgan fingerprint density at radius 2 is 1.80 bits per heavy atom. The monoisotopic (exact) mass is 371 g/mol. The van der Waals surface area contributed by atoms with Crippen molar-refractivity contribution in [1.29, 1.82) is 0 Å². The van der Waals surface area contributed by atoms with Gasteiger partial charge in [-0.3, -0.25) is 14.9 Å². The van der Waals surface area contributed by atoms with Crippen molar-refractivity contribution in [2.75, 3.05) is 0 Å². The molecule has 0 saturated carbocycles. The van der Waals surface area contributed by atoms with Crippen molar-refractivity contribution in [1.82, 2.24) is 5.32 Å². The van der Waals surface area contributed by atoms with Crippen LogP contribution in [-0.2, 0) is 6.54 Å². The van der Waals surface area contributed by atoms with Gasteiger partial charge in [0.2, 0.25) is 0 Å². The molecular weight excluding hydrogens is 361 g/mol. The number of nitrogens with zero attached hydrogens (tertiary/aromatic N) is 1. The van der Waals surface area contributed by atoms with Gasteiger partial charge in [0, 0.05) is 29.1 Å². The third-order valence-corrected chi connectivity index (χ3v) is 3.78. The molecule has 0 atom stereocenters. The van der Waals surface area contributed by atoms with Crippen LogP contribution < -0.4 is 10.4 Å². The highest BCUT2D eigenvalue weighted by Crippen LogP contribution is 2.36. The van der Waals surface area contributed by atoms with Gasteiger partial charge in [-0.05, 0) is 41.6 Å². The highest BCUT2D eigenvalue weighted by molar-refractivity contribution is 8.00. The highest BCUT2D eigenvalue weighted by Gasteiger charge is 2.29. The van der Waals surface area contributed by atoms with E-state index < -0.39 is 22.1 Å². The Hall–Kier alpha value is -2.75. The minimum atomic E-state index is -4.42. The fraction of sp³-hybridized carbons (Fsp3) is 0.133. The van der Waals surface area contributed by atoms with Gasteiger partial charge in [0.1, 0.15) is 0 Å². The minimum absolute atomic E-state index is 0.0341. The van der Waals surface area contributed by atoms with E-state index in [9.17, 15) is 33.2 Å². The number of nitro benzene ring substituents is 1. The van der Waals surface area contributed by atoms with E-state index >= 15 is 0 Å². The molecule has 0 fully saturated rings. The molecule has 0 radical (unpaired) electrons. The van der Waals surface area contributed by atoms with Crippen molar-refractivity contribution >= 4 is 23.4 Å². The summed E-state index contributed by atoms with van der Waals surface area (Å²) in [5.74, 6) is -1.09. The summed E-state index contributed by atoms with van der Waals surface area (Å²) in [6.45, 7) is -0.238. The fourth-order valence-electron chi connectivity index (χ4n) is 1.90. The molecule has 10 heteroatoms. The van der Waals surface area contributed by atoms with Gasteiger partial charge in [-0.15, -0.1) is 5.75 Å². The summed E-state index contributed by atoms with van der Waals surface area (Å²) in [6, 6.07) is 7.89. The second-order valence-corrected chi connectivity index (χ2v) is 5.94. The van der Waals surface area contributed by atoms with Gasteiger partial charge in [0.25, 0.3) is 11.6 Å². The number of alkyl halides is 3. The molecule has 2 rings (SSSR count). The Labute approximate surface area is 143 Å². The third kappa shape index (κ3) is 5.38. The lowest BCUT2D eigenvalue weighted by Gasteiger charge is -2.13. The molecule has 2 aromatic rings. The summed E-state index contributed by atoms with van der Waals surface area (Å²) in [4.78, 5) is 21.9. The predicted molar refractivity (Wildman–Crippen MR) is 82.1 cm³/mol. The molecule has 0 spiro atoms. The number of halogens is 3. The molecule has 0 aliphatic rings. The largest absolute Gasteiger partial charge is 0.872 e. The first-order chi connectivity index (χ1) is 11.7. The first-order valence-corrected chi connectivity index (χ1v) is 7.56. The van der Waals surface area contributed by atoms with E-state index in [2.05, 4.69) is 5.32 Å². The molecule has 1 N–H and O–H groups in total. The molecule has 0 unspecified atom stereocenters. The molecule has 0 aromatic heterocycles. The van der Waals surface area contributed by atoms with Crippen LogP contribution in [0, 0.1) is 10.1 Å². The molecule has 25 heavy (non-hydrogen) atoms. The highest BCUT2D eigenvalue weighted by atomic mass is 32.2. The van der Waals surface area contributed by atoms with Crippen molar-refractivity contribution in [3.8, 4) is 5.75 Å². The average Bonchev–Trinajstić information content (AvgIpc) is 2.52. The van der Waals surface area contributed by atoms with Gasteiger partial charge in [-0.2, -0.15) is 13.2 Å². The second-order valence-electron chi connectivity index (χ2n) is 4.80. The lowest BCUT2D eigenvalue weighted by atomic mass is 10.1. The van der Waals surface area contributed by atoms with Crippen LogP contribution in [0.4, 0.5) is 18.9 Å². The van der Waals surface area contributed by atoms with Gasteiger partial charge in [-0.1, -0.05) is 6.07 Å². The lowest BCUT2D eigenvalue weighted by molar-refractivity contribution is -0.385. The van der Waals surface area contributed by atoms with Gasteiger partial charge < -0.3 is 10.4 Å². The van der Waals surface area contributed by atoms with Crippen molar-refractivity contribution in [2.45, 2.75) is 16.9 Å². The second kappa shape index (κ2) is 7.43. The van der Waals surface area contributed by atoms with Crippen LogP contribution in [0.5, 0.6) is 5.75 Å². The van der Waals surface area contributed by atoms with Crippen LogP contribution in [0.25, 0.3) is 0 Å². The number of carbonyl (C=O) groups is 1. The number of nitrogens with one attached hydrogen (secondary N) is 1.